The summed E-state index contributed by atoms with van der Waals surface area (Å²) >= 11 is 0. The Morgan fingerprint density at radius 1 is 1.13 bits per heavy atom. The van der Waals surface area contributed by atoms with E-state index in [0.29, 0.717) is 11.0 Å². The van der Waals surface area contributed by atoms with E-state index in [1.54, 1.807) is 18.2 Å². The zero-order valence-corrected chi connectivity index (χ0v) is 7.77. The fraction of sp³-hybridized carbons (Fsp3) is 0.200. The number of hydrogen-bond acceptors (Lipinski definition) is 3. The number of halogens is 2. The number of hydrogen-bond donors (Lipinski definition) is 1. The average Bonchev–Trinajstić information content (AvgIpc) is 2.27. The molecule has 0 radical (unpaired) electrons. The molecule has 1 atom stereocenters. The second kappa shape index (κ2) is 3.86. The number of aromatic nitrogens is 2. The third-order valence-electron chi connectivity index (χ3n) is 2.08. The first kappa shape index (κ1) is 9.92. The van der Waals surface area contributed by atoms with E-state index in [2.05, 4.69) is 9.97 Å². The third-order valence-corrected chi connectivity index (χ3v) is 2.08. The Morgan fingerprint density at radius 3 is 2.47 bits per heavy atom. The molecule has 1 unspecified atom stereocenters. The number of nitrogens with two attached hydrogens (primary N) is 1. The molecule has 0 aliphatic heterocycles. The molecule has 2 aromatic rings. The first-order valence-corrected chi connectivity index (χ1v) is 4.44. The largest absolute Gasteiger partial charge is 0.318 e. The number of fused-ring (bicyclic) bond motifs is 1. The van der Waals surface area contributed by atoms with Crippen LogP contribution in [-0.4, -0.2) is 16.4 Å². The first-order chi connectivity index (χ1) is 7.18. The summed E-state index contributed by atoms with van der Waals surface area (Å²) in [4.78, 5) is 8.04. The molecule has 0 spiro atoms. The molecule has 2 N–H and O–H groups in total. The summed E-state index contributed by atoms with van der Waals surface area (Å²) in [6.07, 6.45) is -1.33. The molecule has 0 aliphatic rings. The molecule has 0 saturated carbocycles. The van der Waals surface area contributed by atoms with Gasteiger partial charge in [-0.25, -0.2) is 13.8 Å². The lowest BCUT2D eigenvalue weighted by atomic mass is 10.2. The maximum absolute atomic E-state index is 12.3. The molecule has 1 aromatic heterocycles. The van der Waals surface area contributed by atoms with Crippen LogP contribution >= 0.6 is 0 Å². The van der Waals surface area contributed by atoms with Gasteiger partial charge < -0.3 is 5.73 Å². The van der Waals surface area contributed by atoms with E-state index in [1.807, 2.05) is 6.07 Å². The van der Waals surface area contributed by atoms with Crippen molar-refractivity contribution in [3.8, 4) is 0 Å². The highest BCUT2D eigenvalue weighted by atomic mass is 19.3. The van der Waals surface area contributed by atoms with Gasteiger partial charge in [-0.3, -0.25) is 4.98 Å². The molecule has 1 heterocycles. The van der Waals surface area contributed by atoms with Gasteiger partial charge in [0.2, 0.25) is 0 Å². The lowest BCUT2D eigenvalue weighted by molar-refractivity contribution is 0.114. The maximum Gasteiger partial charge on any atom is 0.259 e. The van der Waals surface area contributed by atoms with Gasteiger partial charge >= 0.3 is 0 Å². The molecular formula is C10H9F2N3. The molecule has 78 valence electrons. The van der Waals surface area contributed by atoms with Gasteiger partial charge in [-0.05, 0) is 12.1 Å². The standard InChI is InChI=1S/C10H9F2N3/c11-10(12)9(13)8-5-14-6-3-1-2-4-7(6)15-8/h1-5,9-10H,13H2. The summed E-state index contributed by atoms with van der Waals surface area (Å²) in [5, 5.41) is 0. The molecule has 0 saturated heterocycles. The zero-order valence-electron chi connectivity index (χ0n) is 7.77. The van der Waals surface area contributed by atoms with Crippen LogP contribution in [0.3, 0.4) is 0 Å². The monoisotopic (exact) mass is 209 g/mol. The van der Waals surface area contributed by atoms with Crippen molar-refractivity contribution in [3.63, 3.8) is 0 Å². The zero-order chi connectivity index (χ0) is 10.8. The molecule has 0 amide bonds. The van der Waals surface area contributed by atoms with E-state index in [1.165, 1.54) is 6.20 Å². The van der Waals surface area contributed by atoms with Crippen molar-refractivity contribution in [1.29, 1.82) is 0 Å². The molecule has 5 heteroatoms. The molecule has 2 rings (SSSR count). The van der Waals surface area contributed by atoms with Crippen molar-refractivity contribution < 1.29 is 8.78 Å². The van der Waals surface area contributed by atoms with Gasteiger partial charge in [0, 0.05) is 0 Å². The Hall–Kier alpha value is -1.62. The Bertz CT molecular complexity index is 473. The minimum Gasteiger partial charge on any atom is -0.318 e. The van der Waals surface area contributed by atoms with E-state index in [-0.39, 0.29) is 5.69 Å². The number of benzene rings is 1. The summed E-state index contributed by atoms with van der Waals surface area (Å²) in [5.74, 6) is 0. The van der Waals surface area contributed by atoms with E-state index >= 15 is 0 Å². The Balaban J connectivity index is 2.47. The maximum atomic E-state index is 12.3. The number of rotatable bonds is 2. The smallest absolute Gasteiger partial charge is 0.259 e. The first-order valence-electron chi connectivity index (χ1n) is 4.44. The summed E-state index contributed by atoms with van der Waals surface area (Å²) in [5.41, 5.74) is 6.64. The Kier molecular flexibility index (Phi) is 2.55. The number of alkyl halides is 2. The highest BCUT2D eigenvalue weighted by molar-refractivity contribution is 5.73. The molecule has 1 aromatic carbocycles. The minimum atomic E-state index is -2.62. The van der Waals surface area contributed by atoms with Crippen LogP contribution in [-0.2, 0) is 0 Å². The molecule has 3 nitrogen and oxygen atoms in total. The fourth-order valence-electron chi connectivity index (χ4n) is 1.26. The van der Waals surface area contributed by atoms with Gasteiger partial charge in [-0.15, -0.1) is 0 Å². The van der Waals surface area contributed by atoms with Crippen LogP contribution in [0.1, 0.15) is 11.7 Å². The van der Waals surface area contributed by atoms with Crippen molar-refractivity contribution >= 4 is 11.0 Å². The van der Waals surface area contributed by atoms with Crippen molar-refractivity contribution in [2.75, 3.05) is 0 Å². The lowest BCUT2D eigenvalue weighted by Gasteiger charge is -2.09. The minimum absolute atomic E-state index is 0.115. The third kappa shape index (κ3) is 1.92. The summed E-state index contributed by atoms with van der Waals surface area (Å²) in [6.45, 7) is 0. The fourth-order valence-corrected chi connectivity index (χ4v) is 1.26. The molecular weight excluding hydrogens is 200 g/mol. The predicted octanol–water partition coefficient (Wildman–Crippen LogP) is 1.89. The SMILES string of the molecule is NC(c1cnc2ccccc2n1)C(F)F. The number of nitrogens with zero attached hydrogens (tertiary/aromatic N) is 2. The van der Waals surface area contributed by atoms with Crippen molar-refractivity contribution in [1.82, 2.24) is 9.97 Å². The van der Waals surface area contributed by atoms with E-state index in [9.17, 15) is 8.78 Å². The van der Waals surface area contributed by atoms with E-state index < -0.39 is 12.5 Å². The van der Waals surface area contributed by atoms with Gasteiger partial charge in [0.05, 0.1) is 22.9 Å². The van der Waals surface area contributed by atoms with Crippen molar-refractivity contribution in [3.05, 3.63) is 36.2 Å². The van der Waals surface area contributed by atoms with Gasteiger partial charge in [0.15, 0.2) is 0 Å². The van der Waals surface area contributed by atoms with Crippen LogP contribution in [0.2, 0.25) is 0 Å². The Labute approximate surface area is 85.0 Å². The van der Waals surface area contributed by atoms with Crippen LogP contribution in [0.15, 0.2) is 30.5 Å². The van der Waals surface area contributed by atoms with E-state index in [4.69, 9.17) is 5.73 Å². The summed E-state index contributed by atoms with van der Waals surface area (Å²) in [7, 11) is 0. The van der Waals surface area contributed by atoms with Crippen molar-refractivity contribution in [2.45, 2.75) is 12.5 Å². The van der Waals surface area contributed by atoms with Gasteiger partial charge in [0.25, 0.3) is 6.43 Å². The lowest BCUT2D eigenvalue weighted by Crippen LogP contribution is -2.20. The van der Waals surface area contributed by atoms with Crippen LogP contribution in [0.25, 0.3) is 11.0 Å². The average molecular weight is 209 g/mol. The normalized spacial score (nSPS) is 13.3. The van der Waals surface area contributed by atoms with Crippen LogP contribution in [0.5, 0.6) is 0 Å². The molecule has 0 fully saturated rings. The van der Waals surface area contributed by atoms with Crippen molar-refractivity contribution in [2.24, 2.45) is 5.73 Å². The van der Waals surface area contributed by atoms with Crippen LogP contribution < -0.4 is 5.73 Å². The molecule has 0 aliphatic carbocycles. The quantitative estimate of drug-likeness (QED) is 0.821. The highest BCUT2D eigenvalue weighted by Gasteiger charge is 2.19. The van der Waals surface area contributed by atoms with Gasteiger partial charge in [-0.2, -0.15) is 0 Å². The highest BCUT2D eigenvalue weighted by Crippen LogP contribution is 2.17. The van der Waals surface area contributed by atoms with Crippen LogP contribution in [0.4, 0.5) is 8.78 Å². The Morgan fingerprint density at radius 2 is 1.80 bits per heavy atom. The van der Waals surface area contributed by atoms with E-state index in [0.717, 1.165) is 0 Å². The molecule has 15 heavy (non-hydrogen) atoms. The summed E-state index contributed by atoms with van der Waals surface area (Å²) in [6, 6.07) is 5.68. The second-order valence-electron chi connectivity index (χ2n) is 3.14. The second-order valence-corrected chi connectivity index (χ2v) is 3.14. The van der Waals surface area contributed by atoms with Crippen LogP contribution in [0, 0.1) is 0 Å². The topological polar surface area (TPSA) is 51.8 Å². The van der Waals surface area contributed by atoms with Gasteiger partial charge in [0.1, 0.15) is 6.04 Å². The van der Waals surface area contributed by atoms with Gasteiger partial charge in [-0.1, -0.05) is 12.1 Å². The predicted molar refractivity (Wildman–Crippen MR) is 52.5 cm³/mol. The molecule has 0 bridgehead atoms. The summed E-state index contributed by atoms with van der Waals surface area (Å²) < 4.78 is 24.6. The number of para-hydroxylation sites is 2.